The Hall–Kier alpha value is -0.370. The number of hydrogen-bond donors (Lipinski definition) is 1. The molecule has 0 bridgehead atoms. The second kappa shape index (κ2) is 4.23. The van der Waals surface area contributed by atoms with Gasteiger partial charge in [0.2, 0.25) is 0 Å². The first-order valence-corrected chi connectivity index (χ1v) is 4.93. The summed E-state index contributed by atoms with van der Waals surface area (Å²) in [4.78, 5) is 4.45. The summed E-state index contributed by atoms with van der Waals surface area (Å²) in [6, 6.07) is 0.333. The van der Waals surface area contributed by atoms with E-state index < -0.39 is 0 Å². The first-order chi connectivity index (χ1) is 5.60. The van der Waals surface area contributed by atoms with Gasteiger partial charge in [0.1, 0.15) is 0 Å². The van der Waals surface area contributed by atoms with Crippen molar-refractivity contribution in [1.82, 2.24) is 5.32 Å². The maximum Gasteiger partial charge on any atom is 0.0520 e. The lowest BCUT2D eigenvalue weighted by Gasteiger charge is -2.24. The van der Waals surface area contributed by atoms with E-state index in [0.717, 1.165) is 0 Å². The molecule has 0 aliphatic carbocycles. The average Bonchev–Trinajstić information content (AvgIpc) is 1.78. The molecule has 1 N–H and O–H groups in total. The fourth-order valence-electron chi connectivity index (χ4n) is 1.06. The number of nitrogens with zero attached hydrogens (tertiary/aromatic N) is 1. The average molecular weight is 184 g/mol. The van der Waals surface area contributed by atoms with Gasteiger partial charge in [0, 0.05) is 17.8 Å². The minimum absolute atomic E-state index is 0.0355. The van der Waals surface area contributed by atoms with E-state index in [9.17, 15) is 0 Å². The number of hydrogen-bond acceptors (Lipinski definition) is 2. The molecular weight excluding hydrogens is 160 g/mol. The summed E-state index contributed by atoms with van der Waals surface area (Å²) in [6.45, 7) is 14.9. The fraction of sp³-hybridized carbons (Fsp3) is 0.909. The van der Waals surface area contributed by atoms with Crippen LogP contribution in [0.3, 0.4) is 0 Å². The Morgan fingerprint density at radius 3 is 1.85 bits per heavy atom. The van der Waals surface area contributed by atoms with Gasteiger partial charge in [-0.3, -0.25) is 4.99 Å². The van der Waals surface area contributed by atoms with Gasteiger partial charge in [0.15, 0.2) is 0 Å². The third-order valence-electron chi connectivity index (χ3n) is 1.35. The summed E-state index contributed by atoms with van der Waals surface area (Å²) in [6.07, 6.45) is 1.99. The Labute approximate surface area is 82.8 Å². The Bertz CT molecular complexity index is 170. The molecule has 0 rings (SSSR count). The van der Waals surface area contributed by atoms with Gasteiger partial charge in [-0.2, -0.15) is 0 Å². The van der Waals surface area contributed by atoms with Crippen LogP contribution in [0.5, 0.6) is 0 Å². The summed E-state index contributed by atoms with van der Waals surface area (Å²) >= 11 is 0. The van der Waals surface area contributed by atoms with E-state index in [4.69, 9.17) is 0 Å². The van der Waals surface area contributed by atoms with E-state index in [2.05, 4.69) is 58.8 Å². The normalized spacial score (nSPS) is 16.5. The highest BCUT2D eigenvalue weighted by Crippen LogP contribution is 2.06. The Morgan fingerprint density at radius 1 is 1.08 bits per heavy atom. The molecule has 0 aliphatic rings. The van der Waals surface area contributed by atoms with Crippen molar-refractivity contribution in [1.29, 1.82) is 0 Å². The lowest BCUT2D eigenvalue weighted by atomic mass is 10.1. The van der Waals surface area contributed by atoms with Crippen LogP contribution in [0.15, 0.2) is 4.99 Å². The first-order valence-electron chi connectivity index (χ1n) is 4.93. The van der Waals surface area contributed by atoms with Crippen molar-refractivity contribution in [2.75, 3.05) is 0 Å². The summed E-state index contributed by atoms with van der Waals surface area (Å²) in [5, 5.41) is 3.44. The first kappa shape index (κ1) is 12.6. The van der Waals surface area contributed by atoms with Gasteiger partial charge in [-0.25, -0.2) is 0 Å². The van der Waals surface area contributed by atoms with Gasteiger partial charge in [0.25, 0.3) is 0 Å². The summed E-state index contributed by atoms with van der Waals surface area (Å²) in [5.41, 5.74) is 0.192. The smallest absolute Gasteiger partial charge is 0.0520 e. The molecule has 0 aliphatic heterocycles. The Morgan fingerprint density at radius 2 is 1.54 bits per heavy atom. The van der Waals surface area contributed by atoms with Crippen LogP contribution in [0.1, 0.15) is 48.5 Å². The number of aliphatic imine (C=N–C) groups is 1. The van der Waals surface area contributed by atoms with E-state index >= 15 is 0 Å². The molecule has 0 aromatic heterocycles. The van der Waals surface area contributed by atoms with Crippen LogP contribution in [-0.2, 0) is 0 Å². The summed E-state index contributed by atoms with van der Waals surface area (Å²) in [5.74, 6) is 0. The predicted molar refractivity (Wildman–Crippen MR) is 60.6 cm³/mol. The van der Waals surface area contributed by atoms with Gasteiger partial charge in [-0.05, 0) is 48.5 Å². The van der Waals surface area contributed by atoms with Gasteiger partial charge < -0.3 is 5.32 Å². The van der Waals surface area contributed by atoms with Crippen molar-refractivity contribution >= 4 is 6.21 Å². The molecular formula is C11H24N2. The minimum Gasteiger partial charge on any atom is -0.305 e. The molecule has 0 aromatic rings. The second-order valence-electron chi connectivity index (χ2n) is 5.63. The molecule has 2 nitrogen and oxygen atoms in total. The molecule has 0 heterocycles. The molecule has 0 saturated heterocycles. The van der Waals surface area contributed by atoms with Gasteiger partial charge >= 0.3 is 0 Å². The maximum absolute atomic E-state index is 4.45. The third kappa shape index (κ3) is 9.54. The maximum atomic E-state index is 4.45. The lowest BCUT2D eigenvalue weighted by molar-refractivity contribution is 0.414. The standard InChI is InChI=1S/C11H24N2/c1-9(13-11(5,6)7)8-12-10(2,3)4/h8-9,13H,1-7H3. The Kier molecular flexibility index (Phi) is 4.11. The van der Waals surface area contributed by atoms with Gasteiger partial charge in [-0.15, -0.1) is 0 Å². The van der Waals surface area contributed by atoms with Crippen molar-refractivity contribution in [3.63, 3.8) is 0 Å². The van der Waals surface area contributed by atoms with Crippen molar-refractivity contribution in [3.8, 4) is 0 Å². The number of nitrogens with one attached hydrogen (secondary N) is 1. The monoisotopic (exact) mass is 184 g/mol. The molecule has 0 spiro atoms. The van der Waals surface area contributed by atoms with Crippen LogP contribution in [0, 0.1) is 0 Å². The zero-order valence-electron chi connectivity index (χ0n) is 10.1. The van der Waals surface area contributed by atoms with E-state index in [1.807, 2.05) is 6.21 Å². The quantitative estimate of drug-likeness (QED) is 0.655. The van der Waals surface area contributed by atoms with Crippen molar-refractivity contribution < 1.29 is 0 Å². The Balaban J connectivity index is 4.02. The van der Waals surface area contributed by atoms with Crippen molar-refractivity contribution in [3.05, 3.63) is 0 Å². The van der Waals surface area contributed by atoms with Crippen LogP contribution >= 0.6 is 0 Å². The van der Waals surface area contributed by atoms with Crippen LogP contribution in [0.4, 0.5) is 0 Å². The summed E-state index contributed by atoms with van der Waals surface area (Å²) in [7, 11) is 0. The second-order valence-corrected chi connectivity index (χ2v) is 5.63. The lowest BCUT2D eigenvalue weighted by Crippen LogP contribution is -2.43. The molecule has 1 unspecified atom stereocenters. The molecule has 0 fully saturated rings. The van der Waals surface area contributed by atoms with Crippen LogP contribution < -0.4 is 5.32 Å². The molecule has 0 saturated carbocycles. The van der Waals surface area contributed by atoms with Crippen LogP contribution in [0.2, 0.25) is 0 Å². The van der Waals surface area contributed by atoms with E-state index in [1.54, 1.807) is 0 Å². The SMILES string of the molecule is CC(C=NC(C)(C)C)NC(C)(C)C. The minimum atomic E-state index is 0.0355. The molecule has 0 amide bonds. The zero-order chi connectivity index (χ0) is 10.7. The molecule has 2 heteroatoms. The molecule has 13 heavy (non-hydrogen) atoms. The molecule has 0 radical (unpaired) electrons. The van der Waals surface area contributed by atoms with Crippen LogP contribution in [0.25, 0.3) is 0 Å². The fourth-order valence-corrected chi connectivity index (χ4v) is 1.06. The van der Waals surface area contributed by atoms with Crippen molar-refractivity contribution in [2.45, 2.75) is 65.6 Å². The highest BCUT2D eigenvalue weighted by molar-refractivity contribution is 5.64. The van der Waals surface area contributed by atoms with E-state index in [-0.39, 0.29) is 11.1 Å². The largest absolute Gasteiger partial charge is 0.305 e. The zero-order valence-corrected chi connectivity index (χ0v) is 10.1. The predicted octanol–water partition coefficient (Wildman–Crippen LogP) is 2.63. The molecule has 1 atom stereocenters. The van der Waals surface area contributed by atoms with E-state index in [1.165, 1.54) is 0 Å². The topological polar surface area (TPSA) is 24.4 Å². The van der Waals surface area contributed by atoms with Crippen LogP contribution in [-0.4, -0.2) is 23.3 Å². The highest BCUT2D eigenvalue weighted by atomic mass is 15.0. The molecule has 78 valence electrons. The number of rotatable bonds is 2. The third-order valence-corrected chi connectivity index (χ3v) is 1.35. The van der Waals surface area contributed by atoms with Gasteiger partial charge in [-0.1, -0.05) is 0 Å². The highest BCUT2D eigenvalue weighted by Gasteiger charge is 2.12. The van der Waals surface area contributed by atoms with Crippen molar-refractivity contribution in [2.24, 2.45) is 4.99 Å². The molecule has 0 aromatic carbocycles. The van der Waals surface area contributed by atoms with E-state index in [0.29, 0.717) is 6.04 Å². The van der Waals surface area contributed by atoms with Gasteiger partial charge in [0.05, 0.1) is 5.54 Å². The summed E-state index contributed by atoms with van der Waals surface area (Å²) < 4.78 is 0.